The molecular weight excluding hydrogens is 219 g/mol. The Bertz CT molecular complexity index is 489. The van der Waals surface area contributed by atoms with E-state index < -0.39 is 0 Å². The maximum Gasteiger partial charge on any atom is 0.137 e. The van der Waals surface area contributed by atoms with Crippen LogP contribution >= 0.6 is 11.8 Å². The summed E-state index contributed by atoms with van der Waals surface area (Å²) in [6, 6.07) is 13.5. The summed E-state index contributed by atoms with van der Waals surface area (Å²) in [5.74, 6) is -0.148. The third kappa shape index (κ3) is 2.27. The van der Waals surface area contributed by atoms with Gasteiger partial charge in [-0.25, -0.2) is 4.39 Å². The van der Waals surface area contributed by atoms with Crippen LogP contribution in [-0.2, 0) is 0 Å². The van der Waals surface area contributed by atoms with Gasteiger partial charge in [0.05, 0.1) is 0 Å². The quantitative estimate of drug-likeness (QED) is 0.686. The zero-order chi connectivity index (χ0) is 11.5. The van der Waals surface area contributed by atoms with Crippen molar-refractivity contribution in [3.63, 3.8) is 0 Å². The van der Waals surface area contributed by atoms with Gasteiger partial charge in [0.1, 0.15) is 5.82 Å². The fourth-order valence-corrected chi connectivity index (χ4v) is 2.05. The summed E-state index contributed by atoms with van der Waals surface area (Å²) in [6.07, 6.45) is 1.88. The molecule has 82 valence electrons. The fraction of sp³-hybridized carbons (Fsp3) is 0.143. The molecule has 0 saturated carbocycles. The van der Waals surface area contributed by atoms with Crippen molar-refractivity contribution in [3.8, 4) is 11.1 Å². The Morgan fingerprint density at radius 3 is 2.12 bits per heavy atom. The van der Waals surface area contributed by atoms with Gasteiger partial charge in [-0.3, -0.25) is 0 Å². The van der Waals surface area contributed by atoms with Crippen LogP contribution in [0, 0.1) is 12.7 Å². The molecule has 0 radical (unpaired) electrons. The van der Waals surface area contributed by atoms with Crippen LogP contribution in [0.5, 0.6) is 0 Å². The van der Waals surface area contributed by atoms with E-state index in [1.54, 1.807) is 6.07 Å². The molecule has 0 atom stereocenters. The first-order valence-electron chi connectivity index (χ1n) is 5.11. The molecule has 0 saturated heterocycles. The first-order chi connectivity index (χ1) is 7.70. The molecule has 0 spiro atoms. The maximum absolute atomic E-state index is 13.6. The number of rotatable bonds is 2. The smallest absolute Gasteiger partial charge is 0.137 e. The molecule has 0 aromatic heterocycles. The zero-order valence-corrected chi connectivity index (χ0v) is 10.1. The molecule has 0 aliphatic carbocycles. The van der Waals surface area contributed by atoms with Gasteiger partial charge in [-0.15, -0.1) is 11.8 Å². The molecule has 2 rings (SSSR count). The van der Waals surface area contributed by atoms with Gasteiger partial charge in [-0.1, -0.05) is 35.9 Å². The molecule has 2 aromatic rings. The van der Waals surface area contributed by atoms with Crippen molar-refractivity contribution in [1.82, 2.24) is 0 Å². The largest absolute Gasteiger partial charge is 0.206 e. The number of thioether (sulfide) groups is 1. The lowest BCUT2D eigenvalue weighted by atomic mass is 10.0. The molecule has 0 aliphatic rings. The minimum atomic E-state index is -0.148. The Balaban J connectivity index is 2.41. The van der Waals surface area contributed by atoms with E-state index in [1.165, 1.54) is 17.3 Å². The molecule has 0 fully saturated rings. The van der Waals surface area contributed by atoms with Crippen molar-refractivity contribution in [3.05, 3.63) is 53.8 Å². The monoisotopic (exact) mass is 232 g/mol. The van der Waals surface area contributed by atoms with Gasteiger partial charge in [0.15, 0.2) is 0 Å². The summed E-state index contributed by atoms with van der Waals surface area (Å²) < 4.78 is 13.6. The average molecular weight is 232 g/mol. The lowest BCUT2D eigenvalue weighted by Gasteiger charge is -2.05. The van der Waals surface area contributed by atoms with E-state index >= 15 is 0 Å². The number of aryl methyl sites for hydroxylation is 1. The number of benzene rings is 2. The van der Waals surface area contributed by atoms with E-state index in [2.05, 4.69) is 0 Å². The highest BCUT2D eigenvalue weighted by atomic mass is 32.2. The molecule has 0 aliphatic heterocycles. The van der Waals surface area contributed by atoms with Crippen molar-refractivity contribution in [2.24, 2.45) is 0 Å². The van der Waals surface area contributed by atoms with Crippen LogP contribution in [0.4, 0.5) is 4.39 Å². The third-order valence-corrected chi connectivity index (χ3v) is 3.31. The standard InChI is InChI=1S/C14H13FS/c1-10-3-5-11(6-4-10)12-7-8-14(16-2)13(15)9-12/h3-9H,1-2H3. The Labute approximate surface area is 99.5 Å². The molecule has 0 heterocycles. The van der Waals surface area contributed by atoms with Crippen molar-refractivity contribution in [2.75, 3.05) is 6.26 Å². The van der Waals surface area contributed by atoms with Crippen LogP contribution in [0.25, 0.3) is 11.1 Å². The topological polar surface area (TPSA) is 0 Å². The summed E-state index contributed by atoms with van der Waals surface area (Å²) >= 11 is 1.43. The summed E-state index contributed by atoms with van der Waals surface area (Å²) in [7, 11) is 0. The van der Waals surface area contributed by atoms with Crippen LogP contribution < -0.4 is 0 Å². The molecule has 2 heteroatoms. The minimum Gasteiger partial charge on any atom is -0.206 e. The van der Waals surface area contributed by atoms with E-state index in [1.807, 2.05) is 49.6 Å². The van der Waals surface area contributed by atoms with Crippen LogP contribution in [-0.4, -0.2) is 6.26 Å². The van der Waals surface area contributed by atoms with E-state index in [-0.39, 0.29) is 5.82 Å². The summed E-state index contributed by atoms with van der Waals surface area (Å²) in [5, 5.41) is 0. The molecule has 0 unspecified atom stereocenters. The van der Waals surface area contributed by atoms with Gasteiger partial charge in [0, 0.05) is 4.90 Å². The molecule has 16 heavy (non-hydrogen) atoms. The normalized spacial score (nSPS) is 10.4. The van der Waals surface area contributed by atoms with Crippen molar-refractivity contribution in [2.45, 2.75) is 11.8 Å². The molecule has 2 aromatic carbocycles. The summed E-state index contributed by atoms with van der Waals surface area (Å²) in [5.41, 5.74) is 3.19. The highest BCUT2D eigenvalue weighted by molar-refractivity contribution is 7.98. The SMILES string of the molecule is CSc1ccc(-c2ccc(C)cc2)cc1F. The van der Waals surface area contributed by atoms with Crippen molar-refractivity contribution < 1.29 is 4.39 Å². The van der Waals surface area contributed by atoms with Crippen LogP contribution in [0.2, 0.25) is 0 Å². The van der Waals surface area contributed by atoms with E-state index in [4.69, 9.17) is 0 Å². The molecule has 0 N–H and O–H groups in total. The first kappa shape index (κ1) is 11.2. The van der Waals surface area contributed by atoms with E-state index in [0.717, 1.165) is 11.1 Å². The summed E-state index contributed by atoms with van der Waals surface area (Å²) in [4.78, 5) is 0.691. The molecule has 0 nitrogen and oxygen atoms in total. The van der Waals surface area contributed by atoms with Gasteiger partial charge in [0.2, 0.25) is 0 Å². The molecule has 0 bridgehead atoms. The van der Waals surface area contributed by atoms with Gasteiger partial charge in [-0.2, -0.15) is 0 Å². The highest BCUT2D eigenvalue weighted by Gasteiger charge is 2.03. The second-order valence-corrected chi connectivity index (χ2v) is 4.56. The Hall–Kier alpha value is -1.28. The predicted octanol–water partition coefficient (Wildman–Crippen LogP) is 4.52. The predicted molar refractivity (Wildman–Crippen MR) is 68.4 cm³/mol. The highest BCUT2D eigenvalue weighted by Crippen LogP contribution is 2.26. The molecule has 0 amide bonds. The third-order valence-electron chi connectivity index (χ3n) is 2.54. The zero-order valence-electron chi connectivity index (χ0n) is 9.33. The first-order valence-corrected chi connectivity index (χ1v) is 6.34. The van der Waals surface area contributed by atoms with Gasteiger partial charge in [-0.05, 0) is 36.4 Å². The van der Waals surface area contributed by atoms with Gasteiger partial charge >= 0.3 is 0 Å². The second-order valence-electron chi connectivity index (χ2n) is 3.72. The summed E-state index contributed by atoms with van der Waals surface area (Å²) in [6.45, 7) is 2.04. The minimum absolute atomic E-state index is 0.148. The van der Waals surface area contributed by atoms with Crippen molar-refractivity contribution in [1.29, 1.82) is 0 Å². The Morgan fingerprint density at radius 2 is 1.56 bits per heavy atom. The number of hydrogen-bond donors (Lipinski definition) is 0. The Kier molecular flexibility index (Phi) is 3.30. The van der Waals surface area contributed by atoms with Crippen LogP contribution in [0.1, 0.15) is 5.56 Å². The maximum atomic E-state index is 13.6. The number of hydrogen-bond acceptors (Lipinski definition) is 1. The molecular formula is C14H13FS. The van der Waals surface area contributed by atoms with Gasteiger partial charge < -0.3 is 0 Å². The van der Waals surface area contributed by atoms with Crippen LogP contribution in [0.3, 0.4) is 0 Å². The second kappa shape index (κ2) is 4.71. The van der Waals surface area contributed by atoms with Gasteiger partial charge in [0.25, 0.3) is 0 Å². The van der Waals surface area contributed by atoms with E-state index in [9.17, 15) is 4.39 Å². The fourth-order valence-electron chi connectivity index (χ4n) is 1.59. The lowest BCUT2D eigenvalue weighted by molar-refractivity contribution is 0.603. The van der Waals surface area contributed by atoms with Crippen LogP contribution in [0.15, 0.2) is 47.4 Å². The lowest BCUT2D eigenvalue weighted by Crippen LogP contribution is -1.83. The average Bonchev–Trinajstić information content (AvgIpc) is 2.30. The van der Waals surface area contributed by atoms with Crippen molar-refractivity contribution >= 4 is 11.8 Å². The Morgan fingerprint density at radius 1 is 0.938 bits per heavy atom. The van der Waals surface area contributed by atoms with E-state index in [0.29, 0.717) is 4.90 Å². The number of halogens is 1.